The molecule has 0 spiro atoms. The Morgan fingerprint density at radius 1 is 1.36 bits per heavy atom. The Morgan fingerprint density at radius 2 is 2.18 bits per heavy atom. The summed E-state index contributed by atoms with van der Waals surface area (Å²) in [6.45, 7) is 0.480. The molecule has 1 aromatic carbocycles. The molecule has 1 fully saturated rings. The van der Waals surface area contributed by atoms with Gasteiger partial charge in [0.25, 0.3) is 5.91 Å². The van der Waals surface area contributed by atoms with Gasteiger partial charge in [-0.2, -0.15) is 5.10 Å². The highest BCUT2D eigenvalue weighted by Gasteiger charge is 2.34. The molecule has 6 nitrogen and oxygen atoms in total. The number of aromatic nitrogens is 2. The zero-order valence-corrected chi connectivity index (χ0v) is 13.2. The maximum atomic E-state index is 12.6. The molecular weight excluding hydrogens is 350 g/mol. The number of carbonyl (C=O) groups is 2. The number of nitrogens with zero attached hydrogens (tertiary/aromatic N) is 3. The van der Waals surface area contributed by atoms with Crippen LogP contribution in [0, 0.1) is 0 Å². The van der Waals surface area contributed by atoms with Crippen LogP contribution in [0.3, 0.4) is 0 Å². The quantitative estimate of drug-likeness (QED) is 0.907. The molecule has 3 rings (SSSR count). The SMILES string of the molecule is O=C(O)C1CCCN1C(=O)c1cccc(-n2cc(Br)cn2)c1. The lowest BCUT2D eigenvalue weighted by atomic mass is 10.1. The van der Waals surface area contributed by atoms with Gasteiger partial charge in [0.2, 0.25) is 0 Å². The van der Waals surface area contributed by atoms with Crippen LogP contribution in [0.5, 0.6) is 0 Å². The molecule has 1 aromatic heterocycles. The van der Waals surface area contributed by atoms with Crippen molar-refractivity contribution in [2.24, 2.45) is 0 Å². The fourth-order valence-electron chi connectivity index (χ4n) is 2.66. The molecule has 22 heavy (non-hydrogen) atoms. The summed E-state index contributed by atoms with van der Waals surface area (Å²) in [7, 11) is 0. The first-order valence-electron chi connectivity index (χ1n) is 6.90. The maximum absolute atomic E-state index is 12.6. The van der Waals surface area contributed by atoms with Crippen LogP contribution in [0.4, 0.5) is 0 Å². The van der Waals surface area contributed by atoms with Crippen LogP contribution in [0.1, 0.15) is 23.2 Å². The van der Waals surface area contributed by atoms with E-state index in [4.69, 9.17) is 0 Å². The van der Waals surface area contributed by atoms with Crippen molar-refractivity contribution in [1.29, 1.82) is 0 Å². The molecule has 1 aliphatic heterocycles. The minimum absolute atomic E-state index is 0.252. The van der Waals surface area contributed by atoms with Gasteiger partial charge in [0.1, 0.15) is 6.04 Å². The van der Waals surface area contributed by atoms with E-state index >= 15 is 0 Å². The summed E-state index contributed by atoms with van der Waals surface area (Å²) in [5.74, 6) is -1.20. The zero-order chi connectivity index (χ0) is 15.7. The van der Waals surface area contributed by atoms with Crippen molar-refractivity contribution in [2.75, 3.05) is 6.54 Å². The van der Waals surface area contributed by atoms with Gasteiger partial charge >= 0.3 is 5.97 Å². The fraction of sp³-hybridized carbons (Fsp3) is 0.267. The Kier molecular flexibility index (Phi) is 3.98. The Morgan fingerprint density at radius 3 is 2.86 bits per heavy atom. The van der Waals surface area contributed by atoms with Crippen molar-refractivity contribution in [3.8, 4) is 5.69 Å². The second kappa shape index (κ2) is 5.92. The summed E-state index contributed by atoms with van der Waals surface area (Å²) in [6.07, 6.45) is 4.68. The highest BCUT2D eigenvalue weighted by Crippen LogP contribution is 2.21. The third-order valence-corrected chi connectivity index (χ3v) is 4.12. The van der Waals surface area contributed by atoms with Crippen LogP contribution in [0.15, 0.2) is 41.1 Å². The van der Waals surface area contributed by atoms with E-state index in [0.717, 1.165) is 10.2 Å². The van der Waals surface area contributed by atoms with Gasteiger partial charge in [0.05, 0.1) is 16.4 Å². The summed E-state index contributed by atoms with van der Waals surface area (Å²) >= 11 is 3.33. The lowest BCUT2D eigenvalue weighted by Gasteiger charge is -2.21. The molecular formula is C15H14BrN3O3. The van der Waals surface area contributed by atoms with Gasteiger partial charge in [-0.1, -0.05) is 6.07 Å². The number of hydrogen-bond donors (Lipinski definition) is 1. The normalized spacial score (nSPS) is 17.7. The molecule has 1 saturated heterocycles. The van der Waals surface area contributed by atoms with Crippen molar-refractivity contribution < 1.29 is 14.7 Å². The van der Waals surface area contributed by atoms with Crippen LogP contribution >= 0.6 is 15.9 Å². The smallest absolute Gasteiger partial charge is 0.326 e. The third kappa shape index (κ3) is 2.76. The van der Waals surface area contributed by atoms with E-state index in [0.29, 0.717) is 24.9 Å². The van der Waals surface area contributed by atoms with Crippen molar-refractivity contribution in [2.45, 2.75) is 18.9 Å². The number of rotatable bonds is 3. The third-order valence-electron chi connectivity index (χ3n) is 3.71. The highest BCUT2D eigenvalue weighted by molar-refractivity contribution is 9.10. The Balaban J connectivity index is 1.89. The molecule has 2 heterocycles. The number of carboxylic acids is 1. The minimum Gasteiger partial charge on any atom is -0.480 e. The highest BCUT2D eigenvalue weighted by atomic mass is 79.9. The second-order valence-electron chi connectivity index (χ2n) is 5.15. The predicted octanol–water partition coefficient (Wildman–Crippen LogP) is 2.32. The molecule has 114 valence electrons. The van der Waals surface area contributed by atoms with Crippen LogP contribution in [-0.4, -0.2) is 44.3 Å². The van der Waals surface area contributed by atoms with Crippen molar-refractivity contribution in [3.05, 3.63) is 46.7 Å². The van der Waals surface area contributed by atoms with Crippen molar-refractivity contribution in [3.63, 3.8) is 0 Å². The molecule has 1 atom stereocenters. The van der Waals surface area contributed by atoms with E-state index in [9.17, 15) is 14.7 Å². The van der Waals surface area contributed by atoms with Gasteiger partial charge in [-0.25, -0.2) is 9.48 Å². The summed E-state index contributed by atoms with van der Waals surface area (Å²) in [4.78, 5) is 25.2. The number of carboxylic acid groups (broad SMARTS) is 1. The van der Waals surface area contributed by atoms with E-state index in [1.807, 2.05) is 6.07 Å². The average Bonchev–Trinajstić information content (AvgIpc) is 3.15. The molecule has 0 saturated carbocycles. The van der Waals surface area contributed by atoms with Crippen molar-refractivity contribution in [1.82, 2.24) is 14.7 Å². The average molecular weight is 364 g/mol. The minimum atomic E-state index is -0.946. The molecule has 7 heteroatoms. The Bertz CT molecular complexity index is 728. The fourth-order valence-corrected chi connectivity index (χ4v) is 2.94. The molecule has 0 aliphatic carbocycles. The summed E-state index contributed by atoms with van der Waals surface area (Å²) < 4.78 is 2.49. The van der Waals surface area contributed by atoms with Gasteiger partial charge in [-0.05, 0) is 47.0 Å². The van der Waals surface area contributed by atoms with Crippen LogP contribution in [-0.2, 0) is 4.79 Å². The topological polar surface area (TPSA) is 75.4 Å². The maximum Gasteiger partial charge on any atom is 0.326 e. The van der Waals surface area contributed by atoms with Crippen LogP contribution < -0.4 is 0 Å². The van der Waals surface area contributed by atoms with E-state index in [1.165, 1.54) is 4.90 Å². The molecule has 1 aliphatic rings. The molecule has 1 N–H and O–H groups in total. The first-order valence-corrected chi connectivity index (χ1v) is 7.70. The second-order valence-corrected chi connectivity index (χ2v) is 6.06. The number of hydrogen-bond acceptors (Lipinski definition) is 3. The summed E-state index contributed by atoms with van der Waals surface area (Å²) in [5, 5.41) is 13.4. The Labute approximate surface area is 135 Å². The molecule has 2 aromatic rings. The van der Waals surface area contributed by atoms with Crippen LogP contribution in [0.25, 0.3) is 5.69 Å². The van der Waals surface area contributed by atoms with Gasteiger partial charge < -0.3 is 10.0 Å². The van der Waals surface area contributed by atoms with E-state index < -0.39 is 12.0 Å². The molecule has 0 radical (unpaired) electrons. The number of halogens is 1. The monoisotopic (exact) mass is 363 g/mol. The Hall–Kier alpha value is -2.15. The molecule has 1 amide bonds. The zero-order valence-electron chi connectivity index (χ0n) is 11.6. The lowest BCUT2D eigenvalue weighted by Crippen LogP contribution is -2.40. The van der Waals surface area contributed by atoms with E-state index in [2.05, 4.69) is 21.0 Å². The standard InChI is InChI=1S/C15H14BrN3O3/c16-11-8-17-19(9-11)12-4-1-3-10(7-12)14(20)18-6-2-5-13(18)15(21)22/h1,3-4,7-9,13H,2,5-6H2,(H,21,22). The predicted molar refractivity (Wildman–Crippen MR) is 83.0 cm³/mol. The van der Waals surface area contributed by atoms with Gasteiger partial charge in [0, 0.05) is 18.3 Å². The largest absolute Gasteiger partial charge is 0.480 e. The van der Waals surface area contributed by atoms with Gasteiger partial charge in [-0.3, -0.25) is 4.79 Å². The number of likely N-dealkylation sites (tertiary alicyclic amines) is 1. The van der Waals surface area contributed by atoms with Crippen LogP contribution in [0.2, 0.25) is 0 Å². The van der Waals surface area contributed by atoms with Crippen molar-refractivity contribution >= 4 is 27.8 Å². The summed E-state index contributed by atoms with van der Waals surface area (Å²) in [5.41, 5.74) is 1.22. The number of aliphatic carboxylic acids is 1. The number of amides is 1. The van der Waals surface area contributed by atoms with Gasteiger partial charge in [-0.15, -0.1) is 0 Å². The number of benzene rings is 1. The molecule has 1 unspecified atom stereocenters. The van der Waals surface area contributed by atoms with E-state index in [-0.39, 0.29) is 5.91 Å². The number of carbonyl (C=O) groups excluding carboxylic acids is 1. The van der Waals surface area contributed by atoms with E-state index in [1.54, 1.807) is 35.3 Å². The van der Waals surface area contributed by atoms with Gasteiger partial charge in [0.15, 0.2) is 0 Å². The summed E-state index contributed by atoms with van der Waals surface area (Å²) in [6, 6.07) is 6.30. The first-order chi connectivity index (χ1) is 10.6. The lowest BCUT2D eigenvalue weighted by molar-refractivity contribution is -0.141. The molecule has 0 bridgehead atoms. The first kappa shape index (κ1) is 14.8.